The summed E-state index contributed by atoms with van der Waals surface area (Å²) in [4.78, 5) is 23.9. The van der Waals surface area contributed by atoms with Crippen molar-refractivity contribution in [2.24, 2.45) is 7.05 Å². The lowest BCUT2D eigenvalue weighted by Crippen LogP contribution is -2.13. The summed E-state index contributed by atoms with van der Waals surface area (Å²) >= 11 is 2.13. The number of carbonyl (C=O) groups excluding carboxylic acids is 1. The maximum atomic E-state index is 12.4. The van der Waals surface area contributed by atoms with Crippen LogP contribution >= 0.6 is 22.6 Å². The summed E-state index contributed by atoms with van der Waals surface area (Å²) in [5, 5.41) is 2.83. The molecule has 5 nitrogen and oxygen atoms in total. The Morgan fingerprint density at radius 3 is 2.77 bits per heavy atom. The second-order valence-corrected chi connectivity index (χ2v) is 6.21. The fourth-order valence-electron chi connectivity index (χ4n) is 2.22. The van der Waals surface area contributed by atoms with Crippen LogP contribution < -0.4 is 11.1 Å². The zero-order valence-corrected chi connectivity index (χ0v) is 14.2. The van der Waals surface area contributed by atoms with E-state index in [0.717, 1.165) is 9.13 Å². The molecule has 0 radical (unpaired) electrons. The number of oxazole rings is 1. The number of hydrogen-bond acceptors (Lipinski definition) is 3. The first-order valence-electron chi connectivity index (χ1n) is 6.63. The van der Waals surface area contributed by atoms with Crippen LogP contribution in [0.15, 0.2) is 45.6 Å². The van der Waals surface area contributed by atoms with Crippen LogP contribution in [0.25, 0.3) is 11.1 Å². The molecule has 0 atom stereocenters. The van der Waals surface area contributed by atoms with Crippen molar-refractivity contribution in [3.63, 3.8) is 0 Å². The third-order valence-corrected chi connectivity index (χ3v) is 4.36. The fraction of sp³-hybridized carbons (Fsp3) is 0.125. The van der Waals surface area contributed by atoms with Gasteiger partial charge in [0, 0.05) is 22.4 Å². The van der Waals surface area contributed by atoms with Crippen LogP contribution in [-0.4, -0.2) is 10.5 Å². The molecular formula is C16H13IN2O3. The number of carbonyl (C=O) groups is 1. The Balaban J connectivity index is 1.94. The van der Waals surface area contributed by atoms with Crippen molar-refractivity contribution in [1.29, 1.82) is 0 Å². The van der Waals surface area contributed by atoms with Gasteiger partial charge < -0.3 is 9.73 Å². The van der Waals surface area contributed by atoms with E-state index >= 15 is 0 Å². The Morgan fingerprint density at radius 1 is 1.23 bits per heavy atom. The summed E-state index contributed by atoms with van der Waals surface area (Å²) in [5.41, 5.74) is 3.37. The van der Waals surface area contributed by atoms with Crippen LogP contribution in [0.4, 0.5) is 5.69 Å². The molecule has 3 rings (SSSR count). The standard InChI is InChI=1S/C16H13IN2O3/c1-9-3-5-12(17)11(7-9)15(20)18-10-4-6-13-14(8-10)22-16(21)19(13)2/h3-8H,1-2H3,(H,18,20). The lowest BCUT2D eigenvalue weighted by atomic mass is 10.1. The van der Waals surface area contributed by atoms with E-state index in [2.05, 4.69) is 27.9 Å². The van der Waals surface area contributed by atoms with Crippen molar-refractivity contribution in [3.8, 4) is 0 Å². The lowest BCUT2D eigenvalue weighted by molar-refractivity contribution is 0.102. The predicted octanol–water partition coefficient (Wildman–Crippen LogP) is 3.30. The van der Waals surface area contributed by atoms with Gasteiger partial charge in [-0.3, -0.25) is 9.36 Å². The first-order valence-corrected chi connectivity index (χ1v) is 7.70. The molecule has 6 heteroatoms. The van der Waals surface area contributed by atoms with E-state index in [9.17, 15) is 9.59 Å². The van der Waals surface area contributed by atoms with E-state index in [1.54, 1.807) is 25.2 Å². The topological polar surface area (TPSA) is 64.2 Å². The maximum Gasteiger partial charge on any atom is 0.419 e. The minimum absolute atomic E-state index is 0.189. The molecule has 0 aliphatic carbocycles. The number of aromatic nitrogens is 1. The zero-order valence-electron chi connectivity index (χ0n) is 12.0. The number of nitrogens with zero attached hydrogens (tertiary/aromatic N) is 1. The molecule has 0 saturated heterocycles. The number of anilines is 1. The highest BCUT2D eigenvalue weighted by molar-refractivity contribution is 14.1. The fourth-order valence-corrected chi connectivity index (χ4v) is 2.80. The molecule has 2 aromatic carbocycles. The molecule has 1 N–H and O–H groups in total. The first kappa shape index (κ1) is 14.8. The number of rotatable bonds is 2. The average molecular weight is 408 g/mol. The van der Waals surface area contributed by atoms with Gasteiger partial charge in [0.2, 0.25) is 0 Å². The van der Waals surface area contributed by atoms with Gasteiger partial charge in [0.25, 0.3) is 5.91 Å². The number of nitrogens with one attached hydrogen (secondary N) is 1. The average Bonchev–Trinajstić information content (AvgIpc) is 2.76. The Hall–Kier alpha value is -2.09. The van der Waals surface area contributed by atoms with Crippen molar-refractivity contribution in [2.75, 3.05) is 5.32 Å². The Morgan fingerprint density at radius 2 is 2.00 bits per heavy atom. The van der Waals surface area contributed by atoms with Crippen molar-refractivity contribution in [3.05, 3.63) is 61.6 Å². The molecule has 3 aromatic rings. The number of amides is 1. The van der Waals surface area contributed by atoms with Gasteiger partial charge in [-0.15, -0.1) is 0 Å². The van der Waals surface area contributed by atoms with Crippen LogP contribution in [0.2, 0.25) is 0 Å². The van der Waals surface area contributed by atoms with Gasteiger partial charge in [0.15, 0.2) is 5.58 Å². The number of hydrogen-bond donors (Lipinski definition) is 1. The molecule has 0 bridgehead atoms. The van der Waals surface area contributed by atoms with Crippen molar-refractivity contribution < 1.29 is 9.21 Å². The summed E-state index contributed by atoms with van der Waals surface area (Å²) < 4.78 is 7.43. The molecular weight excluding hydrogens is 395 g/mol. The third-order valence-electron chi connectivity index (χ3n) is 3.42. The Bertz CT molecular complexity index is 940. The molecule has 0 aliphatic heterocycles. The van der Waals surface area contributed by atoms with E-state index in [4.69, 9.17) is 4.42 Å². The van der Waals surface area contributed by atoms with E-state index in [1.807, 2.05) is 25.1 Å². The summed E-state index contributed by atoms with van der Waals surface area (Å²) in [6, 6.07) is 10.9. The minimum Gasteiger partial charge on any atom is -0.408 e. The van der Waals surface area contributed by atoms with E-state index in [1.165, 1.54) is 4.57 Å². The highest BCUT2D eigenvalue weighted by Gasteiger charge is 2.12. The largest absolute Gasteiger partial charge is 0.419 e. The smallest absolute Gasteiger partial charge is 0.408 e. The molecule has 1 amide bonds. The highest BCUT2D eigenvalue weighted by atomic mass is 127. The molecule has 0 spiro atoms. The SMILES string of the molecule is Cc1ccc(I)c(C(=O)Nc2ccc3c(c2)oc(=O)n3C)c1. The summed E-state index contributed by atoms with van der Waals surface area (Å²) in [6.07, 6.45) is 0. The van der Waals surface area contributed by atoms with Gasteiger partial charge >= 0.3 is 5.76 Å². The Kier molecular flexibility index (Phi) is 3.78. The number of fused-ring (bicyclic) bond motifs is 1. The molecule has 0 aliphatic rings. The van der Waals surface area contributed by atoms with Crippen molar-refractivity contribution in [1.82, 2.24) is 4.57 Å². The molecule has 22 heavy (non-hydrogen) atoms. The zero-order chi connectivity index (χ0) is 15.9. The predicted molar refractivity (Wildman–Crippen MR) is 93.3 cm³/mol. The number of benzene rings is 2. The summed E-state index contributed by atoms with van der Waals surface area (Å²) in [5.74, 6) is -0.613. The maximum absolute atomic E-state index is 12.4. The van der Waals surface area contributed by atoms with Crippen LogP contribution in [-0.2, 0) is 7.05 Å². The normalized spacial score (nSPS) is 10.9. The van der Waals surface area contributed by atoms with Crippen LogP contribution in [0.1, 0.15) is 15.9 Å². The monoisotopic (exact) mass is 408 g/mol. The van der Waals surface area contributed by atoms with Crippen molar-refractivity contribution >= 4 is 45.3 Å². The molecule has 0 unspecified atom stereocenters. The van der Waals surface area contributed by atoms with E-state index in [-0.39, 0.29) is 5.91 Å². The molecule has 0 saturated carbocycles. The lowest BCUT2D eigenvalue weighted by Gasteiger charge is -2.08. The van der Waals surface area contributed by atoms with Gasteiger partial charge in [0.1, 0.15) is 0 Å². The minimum atomic E-state index is -0.424. The quantitative estimate of drug-likeness (QED) is 0.662. The summed E-state index contributed by atoms with van der Waals surface area (Å²) in [7, 11) is 1.64. The number of aryl methyl sites for hydroxylation is 2. The van der Waals surface area contributed by atoms with Crippen molar-refractivity contribution in [2.45, 2.75) is 6.92 Å². The molecule has 0 fully saturated rings. The number of halogens is 1. The van der Waals surface area contributed by atoms with Gasteiger partial charge in [-0.25, -0.2) is 4.79 Å². The first-order chi connectivity index (χ1) is 10.5. The second-order valence-electron chi connectivity index (χ2n) is 5.05. The second kappa shape index (κ2) is 5.60. The molecule has 1 heterocycles. The van der Waals surface area contributed by atoms with E-state index < -0.39 is 5.76 Å². The molecule has 112 valence electrons. The van der Waals surface area contributed by atoms with Gasteiger partial charge in [-0.05, 0) is 53.8 Å². The van der Waals surface area contributed by atoms with Crippen LogP contribution in [0.5, 0.6) is 0 Å². The highest BCUT2D eigenvalue weighted by Crippen LogP contribution is 2.20. The third kappa shape index (κ3) is 2.66. The Labute approximate surface area is 140 Å². The van der Waals surface area contributed by atoms with Crippen LogP contribution in [0.3, 0.4) is 0 Å². The summed E-state index contributed by atoms with van der Waals surface area (Å²) in [6.45, 7) is 1.94. The van der Waals surface area contributed by atoms with Gasteiger partial charge in [0.05, 0.1) is 11.1 Å². The van der Waals surface area contributed by atoms with E-state index in [0.29, 0.717) is 22.4 Å². The molecule has 1 aromatic heterocycles. The van der Waals surface area contributed by atoms with Gasteiger partial charge in [-0.1, -0.05) is 11.6 Å². The van der Waals surface area contributed by atoms with Crippen LogP contribution in [0, 0.1) is 10.5 Å². The van der Waals surface area contributed by atoms with Gasteiger partial charge in [-0.2, -0.15) is 0 Å².